The van der Waals surface area contributed by atoms with E-state index in [0.29, 0.717) is 5.92 Å². The van der Waals surface area contributed by atoms with Crippen molar-refractivity contribution in [2.24, 2.45) is 5.73 Å². The second-order valence-electron chi connectivity index (χ2n) is 5.03. The largest absolute Gasteiger partial charge is 0.320 e. The van der Waals surface area contributed by atoms with Crippen LogP contribution >= 0.6 is 0 Å². The Bertz CT molecular complexity index is 515. The lowest BCUT2D eigenvalue weighted by Crippen LogP contribution is -2.13. The second kappa shape index (κ2) is 5.32. The zero-order valence-electron chi connectivity index (χ0n) is 11.2. The first-order chi connectivity index (χ1) is 8.59. The molecule has 2 aromatic rings. The van der Waals surface area contributed by atoms with Crippen LogP contribution in [0.3, 0.4) is 0 Å². The molecule has 94 valence electrons. The van der Waals surface area contributed by atoms with Crippen molar-refractivity contribution in [3.8, 4) is 0 Å². The van der Waals surface area contributed by atoms with Gasteiger partial charge in [-0.3, -0.25) is 4.98 Å². The molecule has 0 saturated carbocycles. The zero-order chi connectivity index (χ0) is 13.1. The number of nitrogens with two attached hydrogens (primary N) is 1. The fourth-order valence-electron chi connectivity index (χ4n) is 2.07. The predicted octanol–water partition coefficient (Wildman–Crippen LogP) is 3.56. The SMILES string of the molecule is Cc1ccncc1C(N)c1ccc(C(C)C)cc1. The molecule has 2 heteroatoms. The maximum absolute atomic E-state index is 6.30. The Morgan fingerprint density at radius 2 is 1.61 bits per heavy atom. The molecule has 1 aromatic heterocycles. The molecule has 0 aliphatic rings. The van der Waals surface area contributed by atoms with E-state index in [0.717, 1.165) is 11.1 Å². The van der Waals surface area contributed by atoms with Gasteiger partial charge in [-0.2, -0.15) is 0 Å². The third kappa shape index (κ3) is 2.59. The van der Waals surface area contributed by atoms with E-state index >= 15 is 0 Å². The monoisotopic (exact) mass is 240 g/mol. The second-order valence-corrected chi connectivity index (χ2v) is 5.03. The average Bonchev–Trinajstić information content (AvgIpc) is 2.38. The van der Waals surface area contributed by atoms with Gasteiger partial charge in [0.15, 0.2) is 0 Å². The van der Waals surface area contributed by atoms with Gasteiger partial charge in [-0.25, -0.2) is 0 Å². The van der Waals surface area contributed by atoms with Gasteiger partial charge in [0.05, 0.1) is 6.04 Å². The Kier molecular flexibility index (Phi) is 3.78. The number of pyridine rings is 1. The van der Waals surface area contributed by atoms with Crippen LogP contribution in [0.2, 0.25) is 0 Å². The number of aromatic nitrogens is 1. The molecule has 1 heterocycles. The number of hydrogen-bond acceptors (Lipinski definition) is 2. The molecule has 1 aromatic carbocycles. The Morgan fingerprint density at radius 1 is 1.00 bits per heavy atom. The Hall–Kier alpha value is -1.67. The summed E-state index contributed by atoms with van der Waals surface area (Å²) in [5.74, 6) is 0.551. The van der Waals surface area contributed by atoms with Crippen LogP contribution in [0.15, 0.2) is 42.7 Å². The molecule has 0 bridgehead atoms. The molecule has 0 amide bonds. The molecule has 2 rings (SSSR count). The maximum atomic E-state index is 6.30. The summed E-state index contributed by atoms with van der Waals surface area (Å²) < 4.78 is 0. The van der Waals surface area contributed by atoms with E-state index in [-0.39, 0.29) is 6.04 Å². The van der Waals surface area contributed by atoms with Crippen LogP contribution in [-0.2, 0) is 0 Å². The van der Waals surface area contributed by atoms with Gasteiger partial charge >= 0.3 is 0 Å². The smallest absolute Gasteiger partial charge is 0.0569 e. The van der Waals surface area contributed by atoms with Gasteiger partial charge < -0.3 is 5.73 Å². The number of rotatable bonds is 3. The van der Waals surface area contributed by atoms with E-state index in [9.17, 15) is 0 Å². The summed E-state index contributed by atoms with van der Waals surface area (Å²) in [5, 5.41) is 0. The van der Waals surface area contributed by atoms with Crippen molar-refractivity contribution >= 4 is 0 Å². The van der Waals surface area contributed by atoms with Crippen LogP contribution in [-0.4, -0.2) is 4.98 Å². The molecule has 0 radical (unpaired) electrons. The molecule has 1 atom stereocenters. The number of hydrogen-bond donors (Lipinski definition) is 1. The van der Waals surface area contributed by atoms with Crippen LogP contribution < -0.4 is 5.73 Å². The predicted molar refractivity (Wildman–Crippen MR) is 75.5 cm³/mol. The molecule has 0 fully saturated rings. The summed E-state index contributed by atoms with van der Waals surface area (Å²) in [6, 6.07) is 10.5. The molecule has 0 spiro atoms. The normalized spacial score (nSPS) is 12.7. The van der Waals surface area contributed by atoms with Gasteiger partial charge in [0, 0.05) is 12.4 Å². The molecule has 2 nitrogen and oxygen atoms in total. The first-order valence-corrected chi connectivity index (χ1v) is 6.35. The minimum absolute atomic E-state index is 0.0973. The Morgan fingerprint density at radius 3 is 2.17 bits per heavy atom. The van der Waals surface area contributed by atoms with E-state index in [1.54, 1.807) is 6.20 Å². The summed E-state index contributed by atoms with van der Waals surface area (Å²) in [5.41, 5.74) is 11.1. The summed E-state index contributed by atoms with van der Waals surface area (Å²) in [7, 11) is 0. The minimum atomic E-state index is -0.0973. The molecule has 0 saturated heterocycles. The van der Waals surface area contributed by atoms with Crippen molar-refractivity contribution in [2.75, 3.05) is 0 Å². The van der Waals surface area contributed by atoms with Crippen LogP contribution in [0.1, 0.15) is 48.1 Å². The minimum Gasteiger partial charge on any atom is -0.320 e. The fourth-order valence-corrected chi connectivity index (χ4v) is 2.07. The van der Waals surface area contributed by atoms with Crippen LogP contribution in [0.5, 0.6) is 0 Å². The van der Waals surface area contributed by atoms with E-state index in [1.165, 1.54) is 11.1 Å². The molecule has 2 N–H and O–H groups in total. The Balaban J connectivity index is 2.29. The highest BCUT2D eigenvalue weighted by molar-refractivity contribution is 5.36. The molecular weight excluding hydrogens is 220 g/mol. The first kappa shape index (κ1) is 12.8. The molecule has 1 unspecified atom stereocenters. The molecular formula is C16H20N2. The van der Waals surface area contributed by atoms with Gasteiger partial charge in [0.25, 0.3) is 0 Å². The highest BCUT2D eigenvalue weighted by Crippen LogP contribution is 2.23. The third-order valence-corrected chi connectivity index (χ3v) is 3.38. The lowest BCUT2D eigenvalue weighted by Gasteiger charge is -2.15. The van der Waals surface area contributed by atoms with Crippen molar-refractivity contribution in [3.05, 3.63) is 65.0 Å². The summed E-state index contributed by atoms with van der Waals surface area (Å²) in [6.07, 6.45) is 3.66. The number of benzene rings is 1. The number of nitrogens with zero attached hydrogens (tertiary/aromatic N) is 1. The summed E-state index contributed by atoms with van der Waals surface area (Å²) in [4.78, 5) is 4.16. The lowest BCUT2D eigenvalue weighted by atomic mass is 9.95. The van der Waals surface area contributed by atoms with Gasteiger partial charge in [-0.1, -0.05) is 38.1 Å². The van der Waals surface area contributed by atoms with Crippen molar-refractivity contribution in [2.45, 2.75) is 32.7 Å². The van der Waals surface area contributed by atoms with Crippen LogP contribution in [0.25, 0.3) is 0 Å². The quantitative estimate of drug-likeness (QED) is 0.891. The average molecular weight is 240 g/mol. The summed E-state index contributed by atoms with van der Waals surface area (Å²) >= 11 is 0. The standard InChI is InChI=1S/C16H20N2/c1-11(2)13-4-6-14(7-5-13)16(17)15-10-18-9-8-12(15)3/h4-11,16H,17H2,1-3H3. The highest BCUT2D eigenvalue weighted by Gasteiger charge is 2.11. The number of aryl methyl sites for hydroxylation is 1. The molecule has 18 heavy (non-hydrogen) atoms. The van der Waals surface area contributed by atoms with Crippen molar-refractivity contribution < 1.29 is 0 Å². The summed E-state index contributed by atoms with van der Waals surface area (Å²) in [6.45, 7) is 6.46. The van der Waals surface area contributed by atoms with Crippen molar-refractivity contribution in [1.29, 1.82) is 0 Å². The van der Waals surface area contributed by atoms with E-state index in [4.69, 9.17) is 5.73 Å². The molecule has 0 aliphatic heterocycles. The van der Waals surface area contributed by atoms with Gasteiger partial charge in [0.1, 0.15) is 0 Å². The van der Waals surface area contributed by atoms with E-state index < -0.39 is 0 Å². The van der Waals surface area contributed by atoms with Gasteiger partial charge in [0.2, 0.25) is 0 Å². The Labute approximate surface area is 109 Å². The van der Waals surface area contributed by atoms with Crippen LogP contribution in [0.4, 0.5) is 0 Å². The van der Waals surface area contributed by atoms with E-state index in [1.807, 2.05) is 12.3 Å². The third-order valence-electron chi connectivity index (χ3n) is 3.38. The van der Waals surface area contributed by atoms with E-state index in [2.05, 4.69) is 50.0 Å². The van der Waals surface area contributed by atoms with Gasteiger partial charge in [-0.15, -0.1) is 0 Å². The lowest BCUT2D eigenvalue weighted by molar-refractivity contribution is 0.838. The van der Waals surface area contributed by atoms with Crippen molar-refractivity contribution in [3.63, 3.8) is 0 Å². The maximum Gasteiger partial charge on any atom is 0.0569 e. The fraction of sp³-hybridized carbons (Fsp3) is 0.312. The van der Waals surface area contributed by atoms with Crippen molar-refractivity contribution in [1.82, 2.24) is 4.98 Å². The first-order valence-electron chi connectivity index (χ1n) is 6.35. The van der Waals surface area contributed by atoms with Gasteiger partial charge in [-0.05, 0) is 41.2 Å². The zero-order valence-corrected chi connectivity index (χ0v) is 11.2. The topological polar surface area (TPSA) is 38.9 Å². The highest BCUT2D eigenvalue weighted by atomic mass is 14.7. The van der Waals surface area contributed by atoms with Crippen LogP contribution in [0, 0.1) is 6.92 Å². The molecule has 0 aliphatic carbocycles.